The molecule has 5 aromatic rings. The summed E-state index contributed by atoms with van der Waals surface area (Å²) in [6, 6.07) is 21.6. The highest BCUT2D eigenvalue weighted by atomic mass is 32.2. The minimum atomic E-state index is 0.935. The molecule has 0 saturated heterocycles. The van der Waals surface area contributed by atoms with E-state index in [9.17, 15) is 0 Å². The highest BCUT2D eigenvalue weighted by Crippen LogP contribution is 2.49. The lowest BCUT2D eigenvalue weighted by Crippen LogP contribution is -1.94. The van der Waals surface area contributed by atoms with Crippen LogP contribution in [0.1, 0.15) is 11.1 Å². The van der Waals surface area contributed by atoms with Gasteiger partial charge in [-0.15, -0.1) is 0 Å². The van der Waals surface area contributed by atoms with Gasteiger partial charge in [0.2, 0.25) is 0 Å². The molecule has 0 bridgehead atoms. The second-order valence-electron chi connectivity index (χ2n) is 7.29. The number of aromatic nitrogens is 1. The van der Waals surface area contributed by atoms with Gasteiger partial charge in [-0.1, -0.05) is 42.1 Å². The Labute approximate surface area is 161 Å². The molecule has 0 fully saturated rings. The standard InChI is InChI=1S/C24H17NOS/c1-13-9-14(2)23-16-8-7-15-11-22-20(12-17(15)24(16)25-18(23)10-13)26-19-5-3-4-6-21(19)27-22/h3-12,25H,1-2H3. The van der Waals surface area contributed by atoms with Crippen molar-refractivity contribution in [3.8, 4) is 11.5 Å². The van der Waals surface area contributed by atoms with Crippen LogP contribution in [0.25, 0.3) is 32.6 Å². The Morgan fingerprint density at radius 3 is 2.63 bits per heavy atom. The number of hydrogen-bond acceptors (Lipinski definition) is 2. The zero-order chi connectivity index (χ0) is 18.1. The molecule has 0 spiro atoms. The summed E-state index contributed by atoms with van der Waals surface area (Å²) < 4.78 is 6.22. The van der Waals surface area contributed by atoms with Gasteiger partial charge in [0, 0.05) is 21.7 Å². The first-order chi connectivity index (χ1) is 13.2. The molecule has 0 saturated carbocycles. The normalized spacial score (nSPS) is 13.0. The first-order valence-corrected chi connectivity index (χ1v) is 9.93. The van der Waals surface area contributed by atoms with E-state index in [1.807, 2.05) is 12.1 Å². The summed E-state index contributed by atoms with van der Waals surface area (Å²) in [6.45, 7) is 4.34. The van der Waals surface area contributed by atoms with Crippen molar-refractivity contribution in [3.05, 3.63) is 71.8 Å². The van der Waals surface area contributed by atoms with Crippen molar-refractivity contribution < 1.29 is 4.74 Å². The topological polar surface area (TPSA) is 25.0 Å². The summed E-state index contributed by atoms with van der Waals surface area (Å²) >= 11 is 1.78. The van der Waals surface area contributed by atoms with E-state index >= 15 is 0 Å². The van der Waals surface area contributed by atoms with E-state index in [1.165, 1.54) is 53.5 Å². The van der Waals surface area contributed by atoms with Crippen molar-refractivity contribution in [2.24, 2.45) is 0 Å². The number of H-pyrrole nitrogens is 1. The summed E-state index contributed by atoms with van der Waals surface area (Å²) in [5.74, 6) is 1.87. The van der Waals surface area contributed by atoms with Gasteiger partial charge in [0.15, 0.2) is 0 Å². The maximum Gasteiger partial charge on any atom is 0.142 e. The van der Waals surface area contributed by atoms with Gasteiger partial charge in [-0.3, -0.25) is 0 Å². The summed E-state index contributed by atoms with van der Waals surface area (Å²) in [6.07, 6.45) is 0. The van der Waals surface area contributed by atoms with Crippen LogP contribution < -0.4 is 4.74 Å². The Morgan fingerprint density at radius 1 is 0.815 bits per heavy atom. The Kier molecular flexibility index (Phi) is 2.98. The molecule has 1 aromatic heterocycles. The summed E-state index contributed by atoms with van der Waals surface area (Å²) in [5.41, 5.74) is 4.98. The smallest absolute Gasteiger partial charge is 0.142 e. The third kappa shape index (κ3) is 2.15. The molecule has 1 aliphatic rings. The fourth-order valence-corrected chi connectivity index (χ4v) is 5.23. The third-order valence-electron chi connectivity index (χ3n) is 5.38. The number of nitrogens with one attached hydrogen (secondary N) is 1. The maximum absolute atomic E-state index is 6.22. The highest BCUT2D eigenvalue weighted by molar-refractivity contribution is 7.99. The van der Waals surface area contributed by atoms with Crippen LogP contribution in [0.15, 0.2) is 70.5 Å². The molecule has 0 amide bonds. The quantitative estimate of drug-likeness (QED) is 0.304. The third-order valence-corrected chi connectivity index (χ3v) is 6.48. The molecule has 2 nitrogen and oxygen atoms in total. The van der Waals surface area contributed by atoms with E-state index in [2.05, 4.69) is 67.4 Å². The van der Waals surface area contributed by atoms with E-state index in [-0.39, 0.29) is 0 Å². The molecule has 1 aliphatic heterocycles. The number of benzene rings is 4. The molecule has 0 atom stereocenters. The zero-order valence-corrected chi connectivity index (χ0v) is 15.9. The number of ether oxygens (including phenoxy) is 1. The first-order valence-electron chi connectivity index (χ1n) is 9.11. The van der Waals surface area contributed by atoms with Crippen molar-refractivity contribution in [1.82, 2.24) is 4.98 Å². The molecule has 0 aliphatic carbocycles. The molecule has 1 N–H and O–H groups in total. The Bertz CT molecular complexity index is 1400. The minimum absolute atomic E-state index is 0.935. The van der Waals surface area contributed by atoms with E-state index in [0.29, 0.717) is 0 Å². The predicted molar refractivity (Wildman–Crippen MR) is 113 cm³/mol. The van der Waals surface area contributed by atoms with Gasteiger partial charge in [-0.25, -0.2) is 0 Å². The lowest BCUT2D eigenvalue weighted by molar-refractivity contribution is 0.455. The Morgan fingerprint density at radius 2 is 1.70 bits per heavy atom. The summed E-state index contributed by atoms with van der Waals surface area (Å²) in [7, 11) is 0. The molecule has 3 heteroatoms. The van der Waals surface area contributed by atoms with E-state index < -0.39 is 0 Å². The molecule has 0 radical (unpaired) electrons. The second kappa shape index (κ2) is 5.30. The Hall–Kier alpha value is -2.91. The van der Waals surface area contributed by atoms with E-state index in [4.69, 9.17) is 4.74 Å². The number of fused-ring (bicyclic) bond motifs is 7. The van der Waals surface area contributed by atoms with Crippen molar-refractivity contribution in [1.29, 1.82) is 0 Å². The molecule has 27 heavy (non-hydrogen) atoms. The minimum Gasteiger partial charge on any atom is -0.455 e. The number of aryl methyl sites for hydroxylation is 2. The van der Waals surface area contributed by atoms with Crippen LogP contribution in [0.4, 0.5) is 0 Å². The van der Waals surface area contributed by atoms with Gasteiger partial charge < -0.3 is 9.72 Å². The van der Waals surface area contributed by atoms with Crippen LogP contribution in [-0.4, -0.2) is 4.98 Å². The van der Waals surface area contributed by atoms with Gasteiger partial charge in [0.25, 0.3) is 0 Å². The van der Waals surface area contributed by atoms with Crippen LogP contribution >= 0.6 is 11.8 Å². The number of rotatable bonds is 0. The largest absolute Gasteiger partial charge is 0.455 e. The fourth-order valence-electron chi connectivity index (χ4n) is 4.25. The van der Waals surface area contributed by atoms with E-state index in [1.54, 1.807) is 11.8 Å². The second-order valence-corrected chi connectivity index (χ2v) is 8.37. The monoisotopic (exact) mass is 367 g/mol. The van der Waals surface area contributed by atoms with Crippen LogP contribution in [0, 0.1) is 13.8 Å². The lowest BCUT2D eigenvalue weighted by atomic mass is 10.0. The zero-order valence-electron chi connectivity index (χ0n) is 15.1. The van der Waals surface area contributed by atoms with Gasteiger partial charge in [0.05, 0.1) is 15.3 Å². The molecule has 4 aromatic carbocycles. The van der Waals surface area contributed by atoms with E-state index in [0.717, 1.165) is 11.5 Å². The van der Waals surface area contributed by atoms with Gasteiger partial charge in [-0.05, 0) is 60.7 Å². The fraction of sp³-hybridized carbons (Fsp3) is 0.0833. The predicted octanol–water partition coefficient (Wildman–Crippen LogP) is 7.35. The number of hydrogen-bond donors (Lipinski definition) is 1. The SMILES string of the molecule is Cc1cc(C)c2c(c1)[nH]c1c3cc4c(cc3ccc12)Sc1ccccc1O4. The molecular weight excluding hydrogens is 350 g/mol. The van der Waals surface area contributed by atoms with Crippen molar-refractivity contribution in [3.63, 3.8) is 0 Å². The van der Waals surface area contributed by atoms with Crippen LogP contribution in [0.2, 0.25) is 0 Å². The van der Waals surface area contributed by atoms with Crippen LogP contribution in [0.5, 0.6) is 11.5 Å². The van der Waals surface area contributed by atoms with Gasteiger partial charge in [0.1, 0.15) is 11.5 Å². The summed E-state index contributed by atoms with van der Waals surface area (Å²) in [5, 5.41) is 5.03. The molecule has 0 unspecified atom stereocenters. The van der Waals surface area contributed by atoms with Crippen LogP contribution in [0.3, 0.4) is 0 Å². The number of aromatic amines is 1. The lowest BCUT2D eigenvalue weighted by Gasteiger charge is -2.20. The Balaban J connectivity index is 1.66. The molecule has 6 rings (SSSR count). The average Bonchev–Trinajstić information content (AvgIpc) is 3.03. The number of para-hydroxylation sites is 1. The van der Waals surface area contributed by atoms with Crippen molar-refractivity contribution >= 4 is 44.3 Å². The summed E-state index contributed by atoms with van der Waals surface area (Å²) in [4.78, 5) is 6.00. The van der Waals surface area contributed by atoms with Crippen molar-refractivity contribution in [2.75, 3.05) is 0 Å². The van der Waals surface area contributed by atoms with Gasteiger partial charge >= 0.3 is 0 Å². The first kappa shape index (κ1) is 15.2. The van der Waals surface area contributed by atoms with Crippen LogP contribution in [-0.2, 0) is 0 Å². The van der Waals surface area contributed by atoms with Gasteiger partial charge in [-0.2, -0.15) is 0 Å². The molecular formula is C24H17NOS. The molecule has 2 heterocycles. The van der Waals surface area contributed by atoms with Crippen molar-refractivity contribution in [2.45, 2.75) is 23.6 Å². The highest BCUT2D eigenvalue weighted by Gasteiger charge is 2.19. The molecule has 130 valence electrons. The average molecular weight is 367 g/mol. The maximum atomic E-state index is 6.22.